The molecule has 0 radical (unpaired) electrons. The second-order valence-electron chi connectivity index (χ2n) is 6.27. The zero-order valence-electron chi connectivity index (χ0n) is 14.5. The standard InChI is InChI=1S/C18H27FN4O/c1-13-8-9-14(10-16(13)19)11-21-18(20-2)22-12-17(24)23-15-6-4-3-5-7-15/h8-10,15H,3-7,11-12H2,1-2H3,(H,23,24)(H2,20,21,22). The molecular weight excluding hydrogens is 307 g/mol. The van der Waals surface area contributed by atoms with Crippen LogP contribution in [-0.4, -0.2) is 31.5 Å². The Kier molecular flexibility index (Phi) is 7.03. The summed E-state index contributed by atoms with van der Waals surface area (Å²) >= 11 is 0. The van der Waals surface area contributed by atoms with E-state index in [2.05, 4.69) is 20.9 Å². The fraction of sp³-hybridized carbons (Fsp3) is 0.556. The average molecular weight is 334 g/mol. The quantitative estimate of drug-likeness (QED) is 0.571. The Morgan fingerprint density at radius 1 is 1.25 bits per heavy atom. The highest BCUT2D eigenvalue weighted by atomic mass is 19.1. The lowest BCUT2D eigenvalue weighted by atomic mass is 9.95. The molecule has 0 atom stereocenters. The van der Waals surface area contributed by atoms with Crippen LogP contribution < -0.4 is 16.0 Å². The SMILES string of the molecule is CN=C(NCC(=O)NC1CCCCC1)NCc1ccc(C)c(F)c1. The van der Waals surface area contributed by atoms with Crippen molar-refractivity contribution in [3.05, 3.63) is 35.1 Å². The van der Waals surface area contributed by atoms with Crippen LogP contribution in [0.1, 0.15) is 43.2 Å². The van der Waals surface area contributed by atoms with E-state index in [0.29, 0.717) is 24.1 Å². The van der Waals surface area contributed by atoms with Crippen LogP contribution in [-0.2, 0) is 11.3 Å². The maximum atomic E-state index is 13.5. The predicted molar refractivity (Wildman–Crippen MR) is 94.4 cm³/mol. The smallest absolute Gasteiger partial charge is 0.239 e. The van der Waals surface area contributed by atoms with Crippen molar-refractivity contribution in [1.82, 2.24) is 16.0 Å². The zero-order chi connectivity index (χ0) is 17.4. The van der Waals surface area contributed by atoms with Gasteiger partial charge in [0.25, 0.3) is 0 Å². The van der Waals surface area contributed by atoms with Crippen LogP contribution in [0, 0.1) is 12.7 Å². The molecule has 24 heavy (non-hydrogen) atoms. The van der Waals surface area contributed by atoms with Crippen molar-refractivity contribution in [3.63, 3.8) is 0 Å². The molecule has 0 saturated heterocycles. The summed E-state index contributed by atoms with van der Waals surface area (Å²) in [7, 11) is 1.64. The minimum Gasteiger partial charge on any atom is -0.352 e. The number of benzene rings is 1. The Balaban J connectivity index is 1.73. The van der Waals surface area contributed by atoms with Gasteiger partial charge in [-0.3, -0.25) is 9.79 Å². The fourth-order valence-electron chi connectivity index (χ4n) is 2.84. The van der Waals surface area contributed by atoms with Gasteiger partial charge in [0, 0.05) is 19.6 Å². The normalized spacial score (nSPS) is 15.9. The summed E-state index contributed by atoms with van der Waals surface area (Å²) in [5.41, 5.74) is 1.45. The number of amides is 1. The highest BCUT2D eigenvalue weighted by Crippen LogP contribution is 2.17. The van der Waals surface area contributed by atoms with E-state index in [4.69, 9.17) is 0 Å². The molecule has 0 heterocycles. The fourth-order valence-corrected chi connectivity index (χ4v) is 2.84. The van der Waals surface area contributed by atoms with Gasteiger partial charge in [0.1, 0.15) is 5.82 Å². The van der Waals surface area contributed by atoms with Gasteiger partial charge >= 0.3 is 0 Å². The number of carbonyl (C=O) groups excluding carboxylic acids is 1. The minimum atomic E-state index is -0.218. The van der Waals surface area contributed by atoms with Gasteiger partial charge in [-0.2, -0.15) is 0 Å². The first-order valence-electron chi connectivity index (χ1n) is 8.57. The van der Waals surface area contributed by atoms with Crippen molar-refractivity contribution in [3.8, 4) is 0 Å². The molecule has 0 aliphatic heterocycles. The molecule has 1 saturated carbocycles. The maximum Gasteiger partial charge on any atom is 0.239 e. The Morgan fingerprint density at radius 3 is 2.67 bits per heavy atom. The number of nitrogens with zero attached hydrogens (tertiary/aromatic N) is 1. The molecule has 132 valence electrons. The lowest BCUT2D eigenvalue weighted by Gasteiger charge is -2.23. The molecule has 0 bridgehead atoms. The van der Waals surface area contributed by atoms with E-state index in [1.165, 1.54) is 25.3 Å². The summed E-state index contributed by atoms with van der Waals surface area (Å²) in [6.07, 6.45) is 5.78. The van der Waals surface area contributed by atoms with Gasteiger partial charge < -0.3 is 16.0 Å². The van der Waals surface area contributed by atoms with Crippen LogP contribution in [0.3, 0.4) is 0 Å². The third kappa shape index (κ3) is 5.83. The van der Waals surface area contributed by atoms with E-state index < -0.39 is 0 Å². The third-order valence-corrected chi connectivity index (χ3v) is 4.31. The molecule has 1 aliphatic carbocycles. The highest BCUT2D eigenvalue weighted by molar-refractivity contribution is 5.86. The van der Waals surface area contributed by atoms with Crippen LogP contribution in [0.15, 0.2) is 23.2 Å². The van der Waals surface area contributed by atoms with Gasteiger partial charge in [-0.15, -0.1) is 0 Å². The minimum absolute atomic E-state index is 0.0220. The van der Waals surface area contributed by atoms with Crippen molar-refractivity contribution < 1.29 is 9.18 Å². The lowest BCUT2D eigenvalue weighted by molar-refractivity contribution is -0.120. The van der Waals surface area contributed by atoms with E-state index in [9.17, 15) is 9.18 Å². The summed E-state index contributed by atoms with van der Waals surface area (Å²) < 4.78 is 13.5. The summed E-state index contributed by atoms with van der Waals surface area (Å²) in [5.74, 6) is 0.283. The van der Waals surface area contributed by atoms with Gasteiger partial charge in [0.15, 0.2) is 5.96 Å². The molecule has 1 aromatic rings. The van der Waals surface area contributed by atoms with Gasteiger partial charge in [0.05, 0.1) is 6.54 Å². The average Bonchev–Trinajstić information content (AvgIpc) is 2.59. The summed E-state index contributed by atoms with van der Waals surface area (Å²) in [4.78, 5) is 16.1. The van der Waals surface area contributed by atoms with Crippen LogP contribution >= 0.6 is 0 Å². The van der Waals surface area contributed by atoms with Crippen molar-refractivity contribution in [2.75, 3.05) is 13.6 Å². The highest BCUT2D eigenvalue weighted by Gasteiger charge is 2.15. The van der Waals surface area contributed by atoms with Crippen LogP contribution in [0.2, 0.25) is 0 Å². The number of carbonyl (C=O) groups is 1. The molecular formula is C18H27FN4O. The van der Waals surface area contributed by atoms with E-state index >= 15 is 0 Å². The number of aryl methyl sites for hydroxylation is 1. The number of aliphatic imine (C=N–C) groups is 1. The first-order valence-corrected chi connectivity index (χ1v) is 8.57. The van der Waals surface area contributed by atoms with Gasteiger partial charge in [0.2, 0.25) is 5.91 Å². The van der Waals surface area contributed by atoms with Crippen molar-refractivity contribution in [2.45, 2.75) is 51.6 Å². The Hall–Kier alpha value is -2.11. The third-order valence-electron chi connectivity index (χ3n) is 4.31. The number of halogens is 1. The first kappa shape index (κ1) is 18.2. The Labute approximate surface area is 143 Å². The number of nitrogens with one attached hydrogen (secondary N) is 3. The Bertz CT molecular complexity index is 582. The van der Waals surface area contributed by atoms with E-state index in [1.807, 2.05) is 6.07 Å². The topological polar surface area (TPSA) is 65.5 Å². The number of rotatable bonds is 5. The molecule has 3 N–H and O–H groups in total. The van der Waals surface area contributed by atoms with Crippen LogP contribution in [0.5, 0.6) is 0 Å². The molecule has 6 heteroatoms. The molecule has 2 rings (SSSR count). The van der Waals surface area contributed by atoms with E-state index in [0.717, 1.165) is 18.4 Å². The zero-order valence-corrected chi connectivity index (χ0v) is 14.5. The van der Waals surface area contributed by atoms with Crippen LogP contribution in [0.25, 0.3) is 0 Å². The second kappa shape index (κ2) is 9.25. The summed E-state index contributed by atoms with van der Waals surface area (Å²) in [6, 6.07) is 5.43. The van der Waals surface area contributed by atoms with Crippen molar-refractivity contribution >= 4 is 11.9 Å². The molecule has 1 aliphatic rings. The first-order chi connectivity index (χ1) is 11.6. The van der Waals surface area contributed by atoms with Gasteiger partial charge in [-0.05, 0) is 37.0 Å². The predicted octanol–water partition coefficient (Wildman–Crippen LogP) is 2.25. The molecule has 1 fully saturated rings. The molecule has 0 unspecified atom stereocenters. The largest absolute Gasteiger partial charge is 0.352 e. The Morgan fingerprint density at radius 2 is 2.00 bits per heavy atom. The van der Waals surface area contributed by atoms with Crippen molar-refractivity contribution in [2.24, 2.45) is 4.99 Å². The van der Waals surface area contributed by atoms with E-state index in [1.54, 1.807) is 20.0 Å². The van der Waals surface area contributed by atoms with E-state index in [-0.39, 0.29) is 18.3 Å². The summed E-state index contributed by atoms with van der Waals surface area (Å²) in [6.45, 7) is 2.36. The maximum absolute atomic E-state index is 13.5. The van der Waals surface area contributed by atoms with Gasteiger partial charge in [-0.1, -0.05) is 31.4 Å². The lowest BCUT2D eigenvalue weighted by Crippen LogP contribution is -2.45. The molecule has 0 spiro atoms. The molecule has 1 aromatic carbocycles. The number of hydrogen-bond donors (Lipinski definition) is 3. The molecule has 5 nitrogen and oxygen atoms in total. The number of guanidine groups is 1. The van der Waals surface area contributed by atoms with Crippen molar-refractivity contribution in [1.29, 1.82) is 0 Å². The monoisotopic (exact) mass is 334 g/mol. The van der Waals surface area contributed by atoms with Gasteiger partial charge in [-0.25, -0.2) is 4.39 Å². The molecule has 0 aromatic heterocycles. The molecule has 1 amide bonds. The van der Waals surface area contributed by atoms with Crippen LogP contribution in [0.4, 0.5) is 4.39 Å². The number of hydrogen-bond acceptors (Lipinski definition) is 2. The second-order valence-corrected chi connectivity index (χ2v) is 6.27. The summed E-state index contributed by atoms with van der Waals surface area (Å²) in [5, 5.41) is 9.12.